The molecule has 0 aliphatic carbocycles. The lowest BCUT2D eigenvalue weighted by molar-refractivity contribution is 0.459. The van der Waals surface area contributed by atoms with Crippen LogP contribution in [0.1, 0.15) is 25.7 Å². The Hall–Kier alpha value is -2.30. The maximum Gasteiger partial charge on any atom is 0.576 e. The van der Waals surface area contributed by atoms with Gasteiger partial charge in [0.05, 0.1) is 0 Å². The third kappa shape index (κ3) is 4.03. The monoisotopic (exact) mass is 336 g/mol. The standard InChI is InChI=1S/C20H25BN2O2/c1-2-14-22(13-1)17-5-9-19(10-6-17)24-21-25-20-11-7-18(8-12-20)23-15-3-4-16-23/h5-12,21H,1-4,13-16H2. The van der Waals surface area contributed by atoms with Gasteiger partial charge in [-0.3, -0.25) is 0 Å². The van der Waals surface area contributed by atoms with E-state index in [1.165, 1.54) is 37.1 Å². The Morgan fingerprint density at radius 2 is 0.920 bits per heavy atom. The van der Waals surface area contributed by atoms with Crippen molar-refractivity contribution in [2.45, 2.75) is 25.7 Å². The number of rotatable bonds is 6. The van der Waals surface area contributed by atoms with Crippen LogP contribution < -0.4 is 19.1 Å². The molecule has 4 rings (SSSR count). The van der Waals surface area contributed by atoms with Crippen LogP contribution in [0.15, 0.2) is 48.5 Å². The molecule has 25 heavy (non-hydrogen) atoms. The summed E-state index contributed by atoms with van der Waals surface area (Å²) in [7, 11) is 0.228. The Morgan fingerprint density at radius 3 is 1.28 bits per heavy atom. The van der Waals surface area contributed by atoms with Gasteiger partial charge in [0.1, 0.15) is 11.5 Å². The van der Waals surface area contributed by atoms with Crippen LogP contribution in [0.5, 0.6) is 11.5 Å². The fourth-order valence-corrected chi connectivity index (χ4v) is 3.62. The number of anilines is 2. The lowest BCUT2D eigenvalue weighted by Crippen LogP contribution is -2.17. The third-order valence-corrected chi connectivity index (χ3v) is 5.07. The van der Waals surface area contributed by atoms with E-state index in [2.05, 4.69) is 34.1 Å². The van der Waals surface area contributed by atoms with Gasteiger partial charge in [-0.05, 0) is 74.2 Å². The summed E-state index contributed by atoms with van der Waals surface area (Å²) in [4.78, 5) is 4.84. The molecular formula is C20H25BN2O2. The minimum Gasteiger partial charge on any atom is -0.529 e. The van der Waals surface area contributed by atoms with Crippen molar-refractivity contribution >= 4 is 19.1 Å². The van der Waals surface area contributed by atoms with Gasteiger partial charge < -0.3 is 19.1 Å². The van der Waals surface area contributed by atoms with Crippen LogP contribution in [0, 0.1) is 0 Å². The molecule has 2 aliphatic rings. The lowest BCUT2D eigenvalue weighted by Gasteiger charge is -2.18. The van der Waals surface area contributed by atoms with Gasteiger partial charge in [-0.1, -0.05) is 0 Å². The molecule has 0 N–H and O–H groups in total. The Balaban J connectivity index is 1.25. The highest BCUT2D eigenvalue weighted by Gasteiger charge is 2.13. The number of hydrogen-bond acceptors (Lipinski definition) is 4. The van der Waals surface area contributed by atoms with Crippen molar-refractivity contribution in [1.29, 1.82) is 0 Å². The average Bonchev–Trinajstić information content (AvgIpc) is 3.37. The molecule has 2 heterocycles. The van der Waals surface area contributed by atoms with Crippen LogP contribution in [0.4, 0.5) is 11.4 Å². The molecule has 0 radical (unpaired) electrons. The Morgan fingerprint density at radius 1 is 0.560 bits per heavy atom. The van der Waals surface area contributed by atoms with Crippen molar-refractivity contribution in [3.8, 4) is 11.5 Å². The van der Waals surface area contributed by atoms with Gasteiger partial charge in [-0.15, -0.1) is 0 Å². The first-order valence-electron chi connectivity index (χ1n) is 9.34. The molecule has 0 spiro atoms. The number of nitrogens with zero attached hydrogens (tertiary/aromatic N) is 2. The quantitative estimate of drug-likeness (QED) is 0.753. The van der Waals surface area contributed by atoms with E-state index in [4.69, 9.17) is 9.31 Å². The molecule has 0 saturated carbocycles. The minimum absolute atomic E-state index is 0.228. The van der Waals surface area contributed by atoms with Gasteiger partial charge in [-0.2, -0.15) is 0 Å². The molecule has 2 aromatic carbocycles. The van der Waals surface area contributed by atoms with Crippen LogP contribution in [-0.4, -0.2) is 33.9 Å². The zero-order valence-electron chi connectivity index (χ0n) is 14.7. The van der Waals surface area contributed by atoms with Crippen LogP contribution >= 0.6 is 0 Å². The SMILES string of the molecule is B(Oc1ccc(N2CCCC2)cc1)Oc1ccc(N2CCCC2)cc1. The zero-order chi connectivity index (χ0) is 16.9. The first-order valence-corrected chi connectivity index (χ1v) is 9.34. The van der Waals surface area contributed by atoms with Crippen molar-refractivity contribution < 1.29 is 9.31 Å². The predicted octanol–water partition coefficient (Wildman–Crippen LogP) is 3.61. The van der Waals surface area contributed by atoms with Crippen molar-refractivity contribution in [1.82, 2.24) is 0 Å². The van der Waals surface area contributed by atoms with Gasteiger partial charge in [0.2, 0.25) is 0 Å². The van der Waals surface area contributed by atoms with Gasteiger partial charge in [0.15, 0.2) is 0 Å². The Kier molecular flexibility index (Phi) is 5.00. The summed E-state index contributed by atoms with van der Waals surface area (Å²) in [5.41, 5.74) is 2.56. The maximum absolute atomic E-state index is 5.71. The minimum atomic E-state index is 0.228. The normalized spacial score (nSPS) is 17.0. The second-order valence-electron chi connectivity index (χ2n) is 6.78. The molecule has 130 valence electrons. The second-order valence-corrected chi connectivity index (χ2v) is 6.78. The van der Waals surface area contributed by atoms with E-state index >= 15 is 0 Å². The van der Waals surface area contributed by atoms with Crippen molar-refractivity contribution in [3.05, 3.63) is 48.5 Å². The molecular weight excluding hydrogens is 311 g/mol. The summed E-state index contributed by atoms with van der Waals surface area (Å²) in [5.74, 6) is 1.69. The number of benzene rings is 2. The van der Waals surface area contributed by atoms with Crippen molar-refractivity contribution in [2.24, 2.45) is 0 Å². The zero-order valence-corrected chi connectivity index (χ0v) is 14.7. The third-order valence-electron chi connectivity index (χ3n) is 5.07. The average molecular weight is 336 g/mol. The highest BCUT2D eigenvalue weighted by atomic mass is 16.6. The summed E-state index contributed by atoms with van der Waals surface area (Å²) >= 11 is 0. The molecule has 0 aromatic heterocycles. The van der Waals surface area contributed by atoms with Gasteiger partial charge >= 0.3 is 7.69 Å². The van der Waals surface area contributed by atoms with E-state index in [0.29, 0.717) is 0 Å². The highest BCUT2D eigenvalue weighted by Crippen LogP contribution is 2.24. The van der Waals surface area contributed by atoms with E-state index in [-0.39, 0.29) is 7.69 Å². The first kappa shape index (κ1) is 16.2. The molecule has 4 nitrogen and oxygen atoms in total. The van der Waals surface area contributed by atoms with Crippen molar-refractivity contribution in [2.75, 3.05) is 36.0 Å². The topological polar surface area (TPSA) is 24.9 Å². The van der Waals surface area contributed by atoms with Crippen LogP contribution in [0.3, 0.4) is 0 Å². The van der Waals surface area contributed by atoms with E-state index in [9.17, 15) is 0 Å². The van der Waals surface area contributed by atoms with E-state index in [1.54, 1.807) is 0 Å². The summed E-state index contributed by atoms with van der Waals surface area (Å²) in [6, 6.07) is 16.6. The molecule has 2 aliphatic heterocycles. The summed E-state index contributed by atoms with van der Waals surface area (Å²) in [6.07, 6.45) is 5.18. The molecule has 0 bridgehead atoms. The fraction of sp³-hybridized carbons (Fsp3) is 0.400. The summed E-state index contributed by atoms with van der Waals surface area (Å²) in [5, 5.41) is 0. The molecule has 5 heteroatoms. The fourth-order valence-electron chi connectivity index (χ4n) is 3.62. The van der Waals surface area contributed by atoms with Gasteiger partial charge in [-0.25, -0.2) is 0 Å². The molecule has 0 amide bonds. The van der Waals surface area contributed by atoms with E-state index < -0.39 is 0 Å². The maximum atomic E-state index is 5.71. The molecule has 0 unspecified atom stereocenters. The Labute approximate surface area is 150 Å². The lowest BCUT2D eigenvalue weighted by atomic mass is 10.2. The molecule has 2 saturated heterocycles. The predicted molar refractivity (Wildman–Crippen MR) is 104 cm³/mol. The van der Waals surface area contributed by atoms with Gasteiger partial charge in [0.25, 0.3) is 0 Å². The molecule has 0 atom stereocenters. The molecule has 2 fully saturated rings. The summed E-state index contributed by atoms with van der Waals surface area (Å²) in [6.45, 7) is 4.65. The van der Waals surface area contributed by atoms with Crippen LogP contribution in [0.2, 0.25) is 0 Å². The molecule has 2 aromatic rings. The van der Waals surface area contributed by atoms with E-state index in [1.807, 2.05) is 24.3 Å². The Bertz CT molecular complexity index is 604. The first-order chi connectivity index (χ1) is 12.4. The van der Waals surface area contributed by atoms with Crippen LogP contribution in [-0.2, 0) is 0 Å². The van der Waals surface area contributed by atoms with Crippen molar-refractivity contribution in [3.63, 3.8) is 0 Å². The summed E-state index contributed by atoms with van der Waals surface area (Å²) < 4.78 is 11.4. The highest BCUT2D eigenvalue weighted by molar-refractivity contribution is 6.20. The van der Waals surface area contributed by atoms with E-state index in [0.717, 1.165) is 37.7 Å². The van der Waals surface area contributed by atoms with Gasteiger partial charge in [0, 0.05) is 37.6 Å². The number of hydrogen-bond donors (Lipinski definition) is 0. The largest absolute Gasteiger partial charge is 0.576 e. The smallest absolute Gasteiger partial charge is 0.529 e. The van der Waals surface area contributed by atoms with Crippen LogP contribution in [0.25, 0.3) is 0 Å². The second kappa shape index (κ2) is 7.73.